The molecule has 1 unspecified atom stereocenters. The quantitative estimate of drug-likeness (QED) is 0.783. The second kappa shape index (κ2) is 5.02. The summed E-state index contributed by atoms with van der Waals surface area (Å²) in [6.45, 7) is 0. The molecule has 19 heavy (non-hydrogen) atoms. The molecule has 0 aliphatic carbocycles. The Bertz CT molecular complexity index is 595. The van der Waals surface area contributed by atoms with E-state index in [4.69, 9.17) is 5.26 Å². The number of halogens is 2. The van der Waals surface area contributed by atoms with E-state index in [0.29, 0.717) is 0 Å². The molecule has 0 radical (unpaired) electrons. The van der Waals surface area contributed by atoms with Crippen molar-refractivity contribution in [1.29, 1.82) is 5.26 Å². The lowest BCUT2D eigenvalue weighted by Gasteiger charge is -2.23. The highest BCUT2D eigenvalue weighted by Gasteiger charge is 2.27. The first-order valence-electron chi connectivity index (χ1n) is 5.51. The maximum Gasteiger partial charge on any atom is 0.249 e. The van der Waals surface area contributed by atoms with Crippen LogP contribution in [0.1, 0.15) is 18.4 Å². The fraction of sp³-hybridized carbons (Fsp3) is 0.250. The van der Waals surface area contributed by atoms with Crippen LogP contribution in [0.15, 0.2) is 12.1 Å². The van der Waals surface area contributed by atoms with Crippen molar-refractivity contribution >= 4 is 17.5 Å². The molecule has 7 heteroatoms. The van der Waals surface area contributed by atoms with E-state index in [-0.39, 0.29) is 18.5 Å². The third-order valence-electron chi connectivity index (χ3n) is 2.77. The van der Waals surface area contributed by atoms with Crippen LogP contribution in [0.4, 0.5) is 14.5 Å². The Balaban J connectivity index is 2.21. The van der Waals surface area contributed by atoms with Crippen LogP contribution in [0.3, 0.4) is 0 Å². The molecule has 2 N–H and O–H groups in total. The monoisotopic (exact) mass is 265 g/mol. The molecule has 1 atom stereocenters. The number of nitriles is 1. The van der Waals surface area contributed by atoms with Crippen LogP contribution in [0.5, 0.6) is 0 Å². The first-order valence-corrected chi connectivity index (χ1v) is 5.51. The van der Waals surface area contributed by atoms with Crippen LogP contribution in [-0.4, -0.2) is 17.9 Å². The Kier molecular flexibility index (Phi) is 3.42. The van der Waals surface area contributed by atoms with Crippen molar-refractivity contribution in [3.63, 3.8) is 0 Å². The predicted octanol–water partition coefficient (Wildman–Crippen LogP) is 1.05. The van der Waals surface area contributed by atoms with E-state index in [0.717, 1.165) is 6.07 Å². The minimum atomic E-state index is -1.26. The van der Waals surface area contributed by atoms with E-state index < -0.39 is 35.1 Å². The van der Waals surface area contributed by atoms with Gasteiger partial charge in [-0.25, -0.2) is 8.78 Å². The lowest BCUT2D eigenvalue weighted by Crippen LogP contribution is -2.47. The van der Waals surface area contributed by atoms with Gasteiger partial charge in [0.15, 0.2) is 11.6 Å². The number of hydrogen-bond donors (Lipinski definition) is 2. The third kappa shape index (κ3) is 2.52. The molecule has 1 aromatic rings. The number of piperidine rings is 1. The normalized spacial score (nSPS) is 18.7. The molecule has 1 saturated heterocycles. The summed E-state index contributed by atoms with van der Waals surface area (Å²) >= 11 is 0. The number of rotatable bonds is 2. The van der Waals surface area contributed by atoms with Gasteiger partial charge in [-0.1, -0.05) is 0 Å². The average molecular weight is 265 g/mol. The number of carbonyl (C=O) groups is 2. The number of benzene rings is 1. The highest BCUT2D eigenvalue weighted by Crippen LogP contribution is 2.22. The summed E-state index contributed by atoms with van der Waals surface area (Å²) in [7, 11) is 0. The van der Waals surface area contributed by atoms with Crippen LogP contribution in [-0.2, 0) is 9.59 Å². The number of carbonyl (C=O) groups excluding carboxylic acids is 2. The lowest BCUT2D eigenvalue weighted by molar-refractivity contribution is -0.133. The smallest absolute Gasteiger partial charge is 0.249 e. The summed E-state index contributed by atoms with van der Waals surface area (Å²) in [5, 5.41) is 13.2. The van der Waals surface area contributed by atoms with Gasteiger partial charge in [0, 0.05) is 6.42 Å². The number of amides is 2. The number of hydrogen-bond acceptors (Lipinski definition) is 4. The third-order valence-corrected chi connectivity index (χ3v) is 2.77. The van der Waals surface area contributed by atoms with E-state index >= 15 is 0 Å². The molecule has 1 fully saturated rings. The Morgan fingerprint density at radius 2 is 2.05 bits per heavy atom. The second-order valence-corrected chi connectivity index (χ2v) is 4.05. The predicted molar refractivity (Wildman–Crippen MR) is 60.9 cm³/mol. The highest BCUT2D eigenvalue weighted by molar-refractivity contribution is 6.01. The standard InChI is InChI=1S/C12H9F2N3O2/c13-10-6(5-15)1-2-7(11(10)14)16-8-3-4-9(18)17-12(8)19/h1-2,8,16H,3-4H2,(H,17,18,19). The molecule has 0 spiro atoms. The second-order valence-electron chi connectivity index (χ2n) is 4.05. The molecule has 1 aromatic carbocycles. The highest BCUT2D eigenvalue weighted by atomic mass is 19.2. The van der Waals surface area contributed by atoms with Gasteiger partial charge in [-0.15, -0.1) is 0 Å². The Morgan fingerprint density at radius 3 is 2.68 bits per heavy atom. The summed E-state index contributed by atoms with van der Waals surface area (Å²) in [6.07, 6.45) is 0.329. The van der Waals surface area contributed by atoms with Crippen molar-refractivity contribution < 1.29 is 18.4 Å². The van der Waals surface area contributed by atoms with Crippen molar-refractivity contribution in [3.05, 3.63) is 29.3 Å². The average Bonchev–Trinajstić information content (AvgIpc) is 2.38. The van der Waals surface area contributed by atoms with E-state index in [9.17, 15) is 18.4 Å². The summed E-state index contributed by atoms with van der Waals surface area (Å²) < 4.78 is 27.0. The van der Waals surface area contributed by atoms with Gasteiger partial charge in [0.1, 0.15) is 12.1 Å². The molecule has 1 aliphatic rings. The van der Waals surface area contributed by atoms with Crippen molar-refractivity contribution in [2.75, 3.05) is 5.32 Å². The van der Waals surface area contributed by atoms with Gasteiger partial charge in [0.2, 0.25) is 11.8 Å². The fourth-order valence-electron chi connectivity index (χ4n) is 1.77. The van der Waals surface area contributed by atoms with Crippen LogP contribution in [0.2, 0.25) is 0 Å². The van der Waals surface area contributed by atoms with E-state index in [1.165, 1.54) is 12.1 Å². The molecule has 0 aromatic heterocycles. The Hall–Kier alpha value is -2.49. The van der Waals surface area contributed by atoms with Gasteiger partial charge < -0.3 is 5.32 Å². The van der Waals surface area contributed by atoms with Crippen molar-refractivity contribution in [2.24, 2.45) is 0 Å². The number of anilines is 1. The molecule has 5 nitrogen and oxygen atoms in total. The molecule has 0 bridgehead atoms. The van der Waals surface area contributed by atoms with Crippen LogP contribution in [0.25, 0.3) is 0 Å². The zero-order valence-electron chi connectivity index (χ0n) is 9.67. The van der Waals surface area contributed by atoms with Gasteiger partial charge in [-0.05, 0) is 18.6 Å². The molecular weight excluding hydrogens is 256 g/mol. The first kappa shape index (κ1) is 13.0. The zero-order valence-corrected chi connectivity index (χ0v) is 9.67. The molecule has 2 amide bonds. The largest absolute Gasteiger partial charge is 0.371 e. The van der Waals surface area contributed by atoms with E-state index in [1.54, 1.807) is 0 Å². The Morgan fingerprint density at radius 1 is 1.32 bits per heavy atom. The Labute approximate surface area is 107 Å². The molecular formula is C12H9F2N3O2. The first-order chi connectivity index (χ1) is 9.02. The maximum absolute atomic E-state index is 13.6. The minimum Gasteiger partial charge on any atom is -0.371 e. The van der Waals surface area contributed by atoms with Crippen molar-refractivity contribution in [1.82, 2.24) is 5.32 Å². The molecule has 98 valence electrons. The van der Waals surface area contributed by atoms with E-state index in [1.807, 2.05) is 0 Å². The van der Waals surface area contributed by atoms with Gasteiger partial charge in [-0.3, -0.25) is 14.9 Å². The maximum atomic E-state index is 13.6. The van der Waals surface area contributed by atoms with Crippen LogP contribution >= 0.6 is 0 Å². The number of nitrogens with one attached hydrogen (secondary N) is 2. The number of imide groups is 1. The van der Waals surface area contributed by atoms with Gasteiger partial charge in [-0.2, -0.15) is 5.26 Å². The molecule has 1 aliphatic heterocycles. The summed E-state index contributed by atoms with van der Waals surface area (Å²) in [5.74, 6) is -3.46. The molecule has 1 heterocycles. The topological polar surface area (TPSA) is 82.0 Å². The SMILES string of the molecule is N#Cc1ccc(NC2CCC(=O)NC2=O)c(F)c1F. The minimum absolute atomic E-state index is 0.129. The van der Waals surface area contributed by atoms with Crippen molar-refractivity contribution in [3.8, 4) is 6.07 Å². The van der Waals surface area contributed by atoms with Gasteiger partial charge in [0.25, 0.3) is 0 Å². The summed E-state index contributed by atoms with van der Waals surface area (Å²) in [4.78, 5) is 22.4. The fourth-order valence-corrected chi connectivity index (χ4v) is 1.77. The number of nitrogens with zero attached hydrogens (tertiary/aromatic N) is 1. The van der Waals surface area contributed by atoms with Crippen LogP contribution in [0, 0.1) is 23.0 Å². The van der Waals surface area contributed by atoms with E-state index in [2.05, 4.69) is 10.6 Å². The van der Waals surface area contributed by atoms with Gasteiger partial charge >= 0.3 is 0 Å². The lowest BCUT2D eigenvalue weighted by atomic mass is 10.1. The van der Waals surface area contributed by atoms with Gasteiger partial charge in [0.05, 0.1) is 11.3 Å². The zero-order chi connectivity index (χ0) is 14.0. The van der Waals surface area contributed by atoms with Crippen molar-refractivity contribution in [2.45, 2.75) is 18.9 Å². The summed E-state index contributed by atoms with van der Waals surface area (Å²) in [5.41, 5.74) is -0.627. The summed E-state index contributed by atoms with van der Waals surface area (Å²) in [6, 6.07) is 3.01. The molecule has 2 rings (SSSR count). The molecule has 0 saturated carbocycles. The van der Waals surface area contributed by atoms with Crippen LogP contribution < -0.4 is 10.6 Å².